The number of anilines is 1. The molecule has 1 N–H and O–H groups in total. The third-order valence-corrected chi connectivity index (χ3v) is 6.03. The van der Waals surface area contributed by atoms with Gasteiger partial charge in [-0.15, -0.1) is 0 Å². The molecule has 11 heteroatoms. The number of imide groups is 2. The lowest BCUT2D eigenvalue weighted by molar-refractivity contribution is -0.137. The molecular formula is C28H22ClF3N2O5. The van der Waals surface area contributed by atoms with Crippen LogP contribution >= 0.6 is 11.6 Å². The van der Waals surface area contributed by atoms with Gasteiger partial charge in [-0.25, -0.2) is 9.69 Å². The number of carbonyl (C=O) groups is 3. The second kappa shape index (κ2) is 11.2. The average molecular weight is 559 g/mol. The number of halogens is 4. The maximum absolute atomic E-state index is 13.3. The fourth-order valence-corrected chi connectivity index (χ4v) is 3.95. The van der Waals surface area contributed by atoms with Gasteiger partial charge in [-0.2, -0.15) is 13.2 Å². The molecule has 0 aromatic heterocycles. The number of urea groups is 1. The predicted octanol–water partition coefficient (Wildman–Crippen LogP) is 6.31. The Labute approximate surface area is 226 Å². The maximum atomic E-state index is 13.3. The van der Waals surface area contributed by atoms with Crippen LogP contribution in [-0.4, -0.2) is 24.5 Å². The number of barbiturate groups is 1. The second-order valence-corrected chi connectivity index (χ2v) is 8.94. The number of hydrogen-bond donors (Lipinski definition) is 1. The summed E-state index contributed by atoms with van der Waals surface area (Å²) in [7, 11) is 0. The van der Waals surface area contributed by atoms with Crippen molar-refractivity contribution in [3.63, 3.8) is 0 Å². The maximum Gasteiger partial charge on any atom is 0.416 e. The van der Waals surface area contributed by atoms with E-state index in [9.17, 15) is 27.6 Å². The summed E-state index contributed by atoms with van der Waals surface area (Å²) >= 11 is 6.03. The number of hydrogen-bond acceptors (Lipinski definition) is 5. The van der Waals surface area contributed by atoms with Crippen LogP contribution in [0, 0.1) is 6.92 Å². The molecule has 1 aliphatic rings. The number of carbonyl (C=O) groups excluding carboxylic acids is 3. The zero-order valence-corrected chi connectivity index (χ0v) is 21.5. The first-order valence-electron chi connectivity index (χ1n) is 11.7. The lowest BCUT2D eigenvalue weighted by atomic mass is 10.1. The number of nitrogens with one attached hydrogen (secondary N) is 1. The molecule has 0 aliphatic carbocycles. The van der Waals surface area contributed by atoms with Crippen LogP contribution in [0.5, 0.6) is 11.5 Å². The van der Waals surface area contributed by atoms with Crippen molar-refractivity contribution in [3.8, 4) is 11.5 Å². The van der Waals surface area contributed by atoms with Crippen LogP contribution in [0.1, 0.15) is 29.2 Å². The van der Waals surface area contributed by atoms with Crippen molar-refractivity contribution in [2.45, 2.75) is 26.6 Å². The first-order valence-corrected chi connectivity index (χ1v) is 12.1. The third kappa shape index (κ3) is 6.23. The molecule has 0 saturated carbocycles. The Bertz CT molecular complexity index is 1470. The molecule has 3 aromatic carbocycles. The number of amides is 4. The van der Waals surface area contributed by atoms with E-state index in [1.54, 1.807) is 25.1 Å². The van der Waals surface area contributed by atoms with Gasteiger partial charge in [0.2, 0.25) is 0 Å². The van der Waals surface area contributed by atoms with Crippen LogP contribution in [0.4, 0.5) is 23.7 Å². The summed E-state index contributed by atoms with van der Waals surface area (Å²) in [4.78, 5) is 38.6. The highest BCUT2D eigenvalue weighted by molar-refractivity contribution is 6.42. The van der Waals surface area contributed by atoms with Crippen molar-refractivity contribution >= 4 is 41.2 Å². The largest absolute Gasteiger partial charge is 0.490 e. The molecule has 0 unspecified atom stereocenters. The van der Waals surface area contributed by atoms with Gasteiger partial charge in [0, 0.05) is 0 Å². The summed E-state index contributed by atoms with van der Waals surface area (Å²) in [5, 5.41) is 1.69. The summed E-state index contributed by atoms with van der Waals surface area (Å²) in [5.74, 6) is -1.38. The van der Waals surface area contributed by atoms with E-state index in [0.717, 1.165) is 23.3 Å². The summed E-state index contributed by atoms with van der Waals surface area (Å²) < 4.78 is 51.3. The molecule has 39 heavy (non-hydrogen) atoms. The van der Waals surface area contributed by atoms with Gasteiger partial charge in [0.25, 0.3) is 11.8 Å². The lowest BCUT2D eigenvalue weighted by Crippen LogP contribution is -2.54. The highest BCUT2D eigenvalue weighted by Crippen LogP contribution is 2.37. The Morgan fingerprint density at radius 1 is 0.949 bits per heavy atom. The fraction of sp³-hybridized carbons (Fsp3) is 0.179. The quantitative estimate of drug-likeness (QED) is 0.271. The Kier molecular flexibility index (Phi) is 7.96. The highest BCUT2D eigenvalue weighted by Gasteiger charge is 2.39. The Morgan fingerprint density at radius 2 is 1.67 bits per heavy atom. The molecule has 202 valence electrons. The van der Waals surface area contributed by atoms with Crippen molar-refractivity contribution in [1.29, 1.82) is 0 Å². The minimum Gasteiger partial charge on any atom is -0.490 e. The highest BCUT2D eigenvalue weighted by atomic mass is 35.5. The molecule has 1 heterocycles. The third-order valence-electron chi connectivity index (χ3n) is 5.71. The van der Waals surface area contributed by atoms with Crippen molar-refractivity contribution in [2.75, 3.05) is 11.5 Å². The summed E-state index contributed by atoms with van der Waals surface area (Å²) in [6.07, 6.45) is -3.55. The van der Waals surface area contributed by atoms with Crippen molar-refractivity contribution in [3.05, 3.63) is 93.5 Å². The van der Waals surface area contributed by atoms with Crippen molar-refractivity contribution in [1.82, 2.24) is 5.32 Å². The molecule has 3 aromatic rings. The van der Waals surface area contributed by atoms with E-state index in [2.05, 4.69) is 0 Å². The van der Waals surface area contributed by atoms with Gasteiger partial charge < -0.3 is 9.47 Å². The molecule has 0 atom stereocenters. The van der Waals surface area contributed by atoms with Gasteiger partial charge >= 0.3 is 12.2 Å². The molecule has 0 bridgehead atoms. The molecule has 4 rings (SSSR count). The molecule has 1 aliphatic heterocycles. The smallest absolute Gasteiger partial charge is 0.416 e. The van der Waals surface area contributed by atoms with Crippen LogP contribution < -0.4 is 19.7 Å². The predicted molar refractivity (Wildman–Crippen MR) is 139 cm³/mol. The summed E-state index contributed by atoms with van der Waals surface area (Å²) in [5.41, 5.74) is 0.289. The SMILES string of the molecule is CCOc1cc(/C=C2\C(=O)NC(=O)N(c3cc(C(F)(F)F)ccc3Cl)C2=O)ccc1OCc1ccc(C)cc1. The van der Waals surface area contributed by atoms with Gasteiger partial charge in [0.15, 0.2) is 11.5 Å². The molecule has 1 fully saturated rings. The van der Waals surface area contributed by atoms with Crippen molar-refractivity contribution in [2.24, 2.45) is 0 Å². The average Bonchev–Trinajstić information content (AvgIpc) is 2.87. The van der Waals surface area contributed by atoms with E-state index < -0.39 is 40.8 Å². The number of alkyl halides is 3. The summed E-state index contributed by atoms with van der Waals surface area (Å²) in [6.45, 7) is 4.33. The molecule has 4 amide bonds. The number of aryl methyl sites for hydroxylation is 1. The van der Waals surface area contributed by atoms with Crippen LogP contribution in [0.25, 0.3) is 6.08 Å². The Morgan fingerprint density at radius 3 is 2.33 bits per heavy atom. The zero-order valence-electron chi connectivity index (χ0n) is 20.8. The Hall–Kier alpha value is -4.31. The van der Waals surface area contributed by atoms with Crippen LogP contribution in [0.3, 0.4) is 0 Å². The van der Waals surface area contributed by atoms with Crippen molar-refractivity contribution < 1.29 is 37.0 Å². The van der Waals surface area contributed by atoms with E-state index in [4.69, 9.17) is 21.1 Å². The van der Waals surface area contributed by atoms with E-state index in [0.29, 0.717) is 34.6 Å². The van der Waals surface area contributed by atoms with E-state index >= 15 is 0 Å². The summed E-state index contributed by atoms with van der Waals surface area (Å²) in [6, 6.07) is 13.5. The molecule has 1 saturated heterocycles. The molecular weight excluding hydrogens is 537 g/mol. The lowest BCUT2D eigenvalue weighted by Gasteiger charge is -2.27. The topological polar surface area (TPSA) is 84.9 Å². The number of nitrogens with zero attached hydrogens (tertiary/aromatic N) is 1. The van der Waals surface area contributed by atoms with E-state index in [1.807, 2.05) is 36.5 Å². The first-order chi connectivity index (χ1) is 18.5. The number of rotatable bonds is 7. The van der Waals surface area contributed by atoms with E-state index in [1.165, 1.54) is 6.08 Å². The number of ether oxygens (including phenoxy) is 2. The first kappa shape index (κ1) is 27.7. The van der Waals surface area contributed by atoms with Crippen LogP contribution in [0.2, 0.25) is 5.02 Å². The Balaban J connectivity index is 1.65. The van der Waals surface area contributed by atoms with E-state index in [-0.39, 0.29) is 11.6 Å². The fourth-order valence-electron chi connectivity index (χ4n) is 3.75. The molecule has 0 spiro atoms. The monoisotopic (exact) mass is 558 g/mol. The minimum atomic E-state index is -4.75. The van der Waals surface area contributed by atoms with Gasteiger partial charge in [0.1, 0.15) is 12.2 Å². The standard InChI is InChI=1S/C28H22ClF3N2O5/c1-3-38-24-13-18(8-11-23(24)39-15-17-6-4-16(2)5-7-17)12-20-25(35)33-27(37)34(26(20)36)22-14-19(28(30,31)32)9-10-21(22)29/h4-14H,3,15H2,1-2H3,(H,33,35,37)/b20-12+. The van der Waals surface area contributed by atoms with Gasteiger partial charge in [-0.3, -0.25) is 14.9 Å². The van der Waals surface area contributed by atoms with Gasteiger partial charge in [-0.05, 0) is 61.4 Å². The number of benzene rings is 3. The van der Waals surface area contributed by atoms with Crippen LogP contribution in [0.15, 0.2) is 66.2 Å². The normalized spacial score (nSPS) is 15.0. The minimum absolute atomic E-state index is 0.274. The molecule has 7 nitrogen and oxygen atoms in total. The zero-order chi connectivity index (χ0) is 28.3. The van der Waals surface area contributed by atoms with Gasteiger partial charge in [-0.1, -0.05) is 47.5 Å². The van der Waals surface area contributed by atoms with Crippen LogP contribution in [-0.2, 0) is 22.4 Å². The molecule has 0 radical (unpaired) electrons. The van der Waals surface area contributed by atoms with Gasteiger partial charge in [0.05, 0.1) is 22.9 Å². The second-order valence-electron chi connectivity index (χ2n) is 8.54.